The van der Waals surface area contributed by atoms with Crippen LogP contribution in [-0.4, -0.2) is 24.2 Å². The molecule has 0 radical (unpaired) electrons. The number of anilines is 2. The van der Waals surface area contributed by atoms with Gasteiger partial charge >= 0.3 is 6.03 Å². The molecule has 0 saturated carbocycles. The Morgan fingerprint density at radius 2 is 2.08 bits per heavy atom. The van der Waals surface area contributed by atoms with Crippen LogP contribution in [0.15, 0.2) is 48.5 Å². The number of para-hydroxylation sites is 1. The van der Waals surface area contributed by atoms with Gasteiger partial charge in [-0.15, -0.1) is 11.8 Å². The fraction of sp³-hybridized carbons (Fsp3) is 0.222. The van der Waals surface area contributed by atoms with Crippen molar-refractivity contribution in [3.05, 3.63) is 59.9 Å². The minimum Gasteiger partial charge on any atom is -0.338 e. The fourth-order valence-corrected chi connectivity index (χ4v) is 3.84. The number of benzene rings is 2. The van der Waals surface area contributed by atoms with Crippen molar-refractivity contribution in [2.24, 2.45) is 0 Å². The highest BCUT2D eigenvalue weighted by Crippen LogP contribution is 2.42. The van der Waals surface area contributed by atoms with Gasteiger partial charge in [-0.05, 0) is 36.8 Å². The molecule has 0 aliphatic carbocycles. The van der Waals surface area contributed by atoms with Gasteiger partial charge in [0.15, 0.2) is 0 Å². The van der Waals surface area contributed by atoms with Crippen molar-refractivity contribution in [2.75, 3.05) is 22.5 Å². The van der Waals surface area contributed by atoms with E-state index in [0.29, 0.717) is 12.2 Å². The maximum atomic E-state index is 14.2. The first-order valence-corrected chi connectivity index (χ1v) is 8.98. The van der Waals surface area contributed by atoms with Gasteiger partial charge in [-0.1, -0.05) is 24.3 Å². The summed E-state index contributed by atoms with van der Waals surface area (Å²) in [5.74, 6) is -0.283. The lowest BCUT2D eigenvalue weighted by molar-refractivity contribution is -0.115. The SMILES string of the molecule is CCNC(=O)Nc1cccc([C@@H]2SCC(=O)N2c2ccccc2F)c1. The minimum absolute atomic E-state index is 0.137. The fourth-order valence-electron chi connectivity index (χ4n) is 2.68. The molecule has 0 unspecified atom stereocenters. The Hall–Kier alpha value is -2.54. The molecule has 0 spiro atoms. The molecule has 2 aromatic rings. The zero-order valence-electron chi connectivity index (χ0n) is 13.7. The van der Waals surface area contributed by atoms with E-state index in [1.807, 2.05) is 13.0 Å². The summed E-state index contributed by atoms with van der Waals surface area (Å²) in [7, 11) is 0. The highest BCUT2D eigenvalue weighted by atomic mass is 32.2. The molecule has 7 heteroatoms. The molecule has 1 aliphatic heterocycles. The van der Waals surface area contributed by atoms with Gasteiger partial charge in [-0.3, -0.25) is 9.69 Å². The zero-order valence-corrected chi connectivity index (χ0v) is 14.5. The summed E-state index contributed by atoms with van der Waals surface area (Å²) in [6.07, 6.45) is 0. The normalized spacial score (nSPS) is 16.8. The third-order valence-electron chi connectivity index (χ3n) is 3.75. The molecular formula is C18H18FN3O2S. The third-order valence-corrected chi connectivity index (χ3v) is 4.96. The molecule has 130 valence electrons. The number of rotatable bonds is 4. The first-order chi connectivity index (χ1) is 12.1. The lowest BCUT2D eigenvalue weighted by atomic mass is 10.1. The quantitative estimate of drug-likeness (QED) is 0.874. The van der Waals surface area contributed by atoms with Crippen LogP contribution in [0, 0.1) is 5.82 Å². The summed E-state index contributed by atoms with van der Waals surface area (Å²) in [6.45, 7) is 2.36. The van der Waals surface area contributed by atoms with Crippen LogP contribution in [0.3, 0.4) is 0 Å². The second-order valence-corrected chi connectivity index (χ2v) is 6.56. The van der Waals surface area contributed by atoms with E-state index >= 15 is 0 Å². The Bertz CT molecular complexity index is 799. The van der Waals surface area contributed by atoms with Crippen molar-refractivity contribution >= 4 is 35.1 Å². The largest absolute Gasteiger partial charge is 0.338 e. The van der Waals surface area contributed by atoms with Crippen LogP contribution in [0.4, 0.5) is 20.6 Å². The number of carbonyl (C=O) groups is 2. The predicted octanol–water partition coefficient (Wildman–Crippen LogP) is 3.75. The molecule has 5 nitrogen and oxygen atoms in total. The maximum Gasteiger partial charge on any atom is 0.319 e. The Morgan fingerprint density at radius 1 is 1.28 bits per heavy atom. The van der Waals surface area contributed by atoms with Gasteiger partial charge in [0.05, 0.1) is 11.4 Å². The van der Waals surface area contributed by atoms with Crippen molar-refractivity contribution in [3.8, 4) is 0 Å². The van der Waals surface area contributed by atoms with E-state index in [1.54, 1.807) is 36.4 Å². The van der Waals surface area contributed by atoms with Gasteiger partial charge in [-0.25, -0.2) is 9.18 Å². The van der Waals surface area contributed by atoms with E-state index in [-0.39, 0.29) is 28.8 Å². The number of urea groups is 1. The van der Waals surface area contributed by atoms with Gasteiger partial charge in [0, 0.05) is 12.2 Å². The number of carbonyl (C=O) groups excluding carboxylic acids is 2. The second kappa shape index (κ2) is 7.57. The molecule has 1 fully saturated rings. The number of nitrogens with zero attached hydrogens (tertiary/aromatic N) is 1. The van der Waals surface area contributed by atoms with Gasteiger partial charge < -0.3 is 10.6 Å². The lowest BCUT2D eigenvalue weighted by Gasteiger charge is -2.25. The number of amides is 3. The molecule has 2 aromatic carbocycles. The topological polar surface area (TPSA) is 61.4 Å². The number of hydrogen-bond donors (Lipinski definition) is 2. The molecule has 0 aromatic heterocycles. The lowest BCUT2D eigenvalue weighted by Crippen LogP contribution is -2.29. The Labute approximate surface area is 149 Å². The maximum absolute atomic E-state index is 14.2. The van der Waals surface area contributed by atoms with Crippen LogP contribution < -0.4 is 15.5 Å². The van der Waals surface area contributed by atoms with E-state index in [9.17, 15) is 14.0 Å². The Kier molecular flexibility index (Phi) is 5.23. The highest BCUT2D eigenvalue weighted by Gasteiger charge is 2.35. The van der Waals surface area contributed by atoms with E-state index in [4.69, 9.17) is 0 Å². The molecular weight excluding hydrogens is 341 g/mol. The number of halogens is 1. The number of hydrogen-bond acceptors (Lipinski definition) is 3. The number of thioether (sulfide) groups is 1. The summed E-state index contributed by atoms with van der Waals surface area (Å²) >= 11 is 1.43. The van der Waals surface area contributed by atoms with E-state index in [1.165, 1.54) is 22.7 Å². The molecule has 25 heavy (non-hydrogen) atoms. The summed E-state index contributed by atoms with van der Waals surface area (Å²) in [5, 5.41) is 5.08. The van der Waals surface area contributed by atoms with Crippen LogP contribution >= 0.6 is 11.8 Å². The van der Waals surface area contributed by atoms with Crippen LogP contribution in [0.1, 0.15) is 17.9 Å². The van der Waals surface area contributed by atoms with Crippen LogP contribution in [0.5, 0.6) is 0 Å². The van der Waals surface area contributed by atoms with Crippen molar-refractivity contribution in [1.82, 2.24) is 5.32 Å². The van der Waals surface area contributed by atoms with Gasteiger partial charge in [-0.2, -0.15) is 0 Å². The van der Waals surface area contributed by atoms with Crippen molar-refractivity contribution in [3.63, 3.8) is 0 Å². The van der Waals surface area contributed by atoms with E-state index in [2.05, 4.69) is 10.6 Å². The summed E-state index contributed by atoms with van der Waals surface area (Å²) in [4.78, 5) is 25.5. The summed E-state index contributed by atoms with van der Waals surface area (Å²) < 4.78 is 14.2. The molecule has 0 bridgehead atoms. The van der Waals surface area contributed by atoms with Gasteiger partial charge in [0.2, 0.25) is 5.91 Å². The van der Waals surface area contributed by atoms with Crippen molar-refractivity contribution < 1.29 is 14.0 Å². The smallest absolute Gasteiger partial charge is 0.319 e. The minimum atomic E-state index is -0.431. The van der Waals surface area contributed by atoms with Gasteiger partial charge in [0.25, 0.3) is 0 Å². The molecule has 1 saturated heterocycles. The Morgan fingerprint density at radius 3 is 2.84 bits per heavy atom. The predicted molar refractivity (Wildman–Crippen MR) is 98.2 cm³/mol. The molecule has 3 rings (SSSR count). The molecule has 1 aliphatic rings. The summed E-state index contributed by atoms with van der Waals surface area (Å²) in [6, 6.07) is 13.2. The number of nitrogens with one attached hydrogen (secondary N) is 2. The Balaban J connectivity index is 1.89. The van der Waals surface area contributed by atoms with E-state index < -0.39 is 5.82 Å². The van der Waals surface area contributed by atoms with Crippen LogP contribution in [0.25, 0.3) is 0 Å². The van der Waals surface area contributed by atoms with Crippen LogP contribution in [-0.2, 0) is 4.79 Å². The summed E-state index contributed by atoms with van der Waals surface area (Å²) in [5.41, 5.74) is 1.72. The van der Waals surface area contributed by atoms with E-state index in [0.717, 1.165) is 5.56 Å². The molecule has 1 atom stereocenters. The van der Waals surface area contributed by atoms with Crippen LogP contribution in [0.2, 0.25) is 0 Å². The monoisotopic (exact) mass is 359 g/mol. The average Bonchev–Trinajstić information content (AvgIpc) is 2.97. The first kappa shape index (κ1) is 17.3. The highest BCUT2D eigenvalue weighted by molar-refractivity contribution is 8.00. The zero-order chi connectivity index (χ0) is 17.8. The molecule has 1 heterocycles. The van der Waals surface area contributed by atoms with Crippen molar-refractivity contribution in [2.45, 2.75) is 12.3 Å². The third kappa shape index (κ3) is 3.76. The van der Waals surface area contributed by atoms with Crippen molar-refractivity contribution in [1.29, 1.82) is 0 Å². The average molecular weight is 359 g/mol. The van der Waals surface area contributed by atoms with Gasteiger partial charge in [0.1, 0.15) is 11.2 Å². The molecule has 2 N–H and O–H groups in total. The molecule has 3 amide bonds. The standard InChI is InChI=1S/C18H18FN3O2S/c1-2-20-18(24)21-13-7-5-6-12(10-13)17-22(16(23)11-25-17)15-9-4-3-8-14(15)19/h3-10,17H,2,11H2,1H3,(H2,20,21,24)/t17-/m0/s1. The second-order valence-electron chi connectivity index (χ2n) is 5.49. The first-order valence-electron chi connectivity index (χ1n) is 7.93.